The number of carbonyl (C=O) groups is 2. The summed E-state index contributed by atoms with van der Waals surface area (Å²) >= 11 is 1.45. The molecule has 0 aliphatic carbocycles. The van der Waals surface area contributed by atoms with Gasteiger partial charge in [0.2, 0.25) is 11.8 Å². The fraction of sp³-hybridized carbons (Fsp3) is 0.208. The molecule has 4 aromatic heterocycles. The van der Waals surface area contributed by atoms with Gasteiger partial charge in [-0.15, -0.1) is 11.3 Å². The molecule has 37 heavy (non-hydrogen) atoms. The van der Waals surface area contributed by atoms with Crippen LogP contribution in [0.25, 0.3) is 33.0 Å². The van der Waals surface area contributed by atoms with E-state index in [1.54, 1.807) is 35.4 Å². The van der Waals surface area contributed by atoms with E-state index in [0.29, 0.717) is 34.1 Å². The predicted molar refractivity (Wildman–Crippen MR) is 138 cm³/mol. The number of thiazole rings is 1. The van der Waals surface area contributed by atoms with E-state index < -0.39 is 5.97 Å². The summed E-state index contributed by atoms with van der Waals surface area (Å²) in [5.41, 5.74) is 4.20. The molecule has 2 amide bonds. The highest BCUT2D eigenvalue weighted by Gasteiger charge is 2.24. The summed E-state index contributed by atoms with van der Waals surface area (Å²) < 4.78 is 12.3. The number of hydrogen-bond donors (Lipinski definition) is 2. The van der Waals surface area contributed by atoms with Gasteiger partial charge >= 0.3 is 12.0 Å². The van der Waals surface area contributed by atoms with Gasteiger partial charge in [-0.1, -0.05) is 0 Å². The second kappa shape index (κ2) is 10.1. The van der Waals surface area contributed by atoms with Gasteiger partial charge in [0.25, 0.3) is 0 Å². The number of methoxy groups -OCH3 is 1. The van der Waals surface area contributed by atoms with Crippen molar-refractivity contribution >= 4 is 35.1 Å². The normalized spacial score (nSPS) is 12.7. The van der Waals surface area contributed by atoms with E-state index in [-0.39, 0.29) is 24.4 Å². The van der Waals surface area contributed by atoms with Crippen LogP contribution in [0.15, 0.2) is 47.3 Å². The second-order valence-corrected chi connectivity index (χ2v) is 8.77. The number of aromatic nitrogens is 5. The van der Waals surface area contributed by atoms with E-state index in [1.807, 2.05) is 25.5 Å². The van der Waals surface area contributed by atoms with Crippen LogP contribution in [0, 0.1) is 0 Å². The number of urea groups is 1. The van der Waals surface area contributed by atoms with Crippen LogP contribution in [-0.4, -0.2) is 62.8 Å². The minimum absolute atomic E-state index is 0.0635. The number of carbonyl (C=O) groups excluding carboxylic acids is 2. The lowest BCUT2D eigenvalue weighted by Gasteiger charge is -2.13. The molecule has 0 spiro atoms. The number of hydrogen-bond acceptors (Lipinski definition) is 10. The maximum absolute atomic E-state index is 12.1. The van der Waals surface area contributed by atoms with Crippen molar-refractivity contribution < 1.29 is 19.1 Å². The third kappa shape index (κ3) is 5.02. The first-order valence-electron chi connectivity index (χ1n) is 11.2. The Kier molecular flexibility index (Phi) is 6.60. The van der Waals surface area contributed by atoms with Crippen molar-refractivity contribution in [3.05, 3.63) is 47.9 Å². The number of aliphatic imine (C=N–C) groups is 1. The van der Waals surface area contributed by atoms with Crippen molar-refractivity contribution in [2.24, 2.45) is 12.0 Å². The molecule has 1 aliphatic heterocycles. The number of nitrogens with zero attached hydrogens (tertiary/aromatic N) is 6. The number of nitrogens with one attached hydrogen (secondary N) is 2. The molecule has 12 nitrogen and oxygen atoms in total. The number of cyclic esters (lactones) is 1. The number of pyridine rings is 2. The first-order valence-corrected chi connectivity index (χ1v) is 12.1. The van der Waals surface area contributed by atoms with E-state index in [9.17, 15) is 9.59 Å². The van der Waals surface area contributed by atoms with Gasteiger partial charge in [-0.25, -0.2) is 29.5 Å². The average Bonchev–Trinajstić information content (AvgIpc) is 3.65. The molecule has 1 aliphatic rings. The fourth-order valence-electron chi connectivity index (χ4n) is 3.70. The standard InChI is InChI=1S/C24H22N8O4S/c1-4-25-24(34)31-19-6-15(23-30-18(12-37-23)14-8-29-32(2)11-14)17(9-26-19)13-5-16(21(35-3)27-7-13)22-28-10-20(33)36-22/h5-9,11-12H,4,10H2,1-3H3,(H2,25,26,31,34). The lowest BCUT2D eigenvalue weighted by molar-refractivity contribution is -0.132. The SMILES string of the molecule is CCNC(=O)Nc1cc(-c2nc(-c3cnn(C)c3)cs2)c(-c2cnc(OC)c(C3=NCC(=O)O3)c2)cn1. The van der Waals surface area contributed by atoms with E-state index in [2.05, 4.69) is 30.7 Å². The molecular weight excluding hydrogens is 496 g/mol. The van der Waals surface area contributed by atoms with Crippen LogP contribution < -0.4 is 15.4 Å². The largest absolute Gasteiger partial charge is 0.480 e. The Morgan fingerprint density at radius 1 is 1.16 bits per heavy atom. The van der Waals surface area contributed by atoms with Crippen LogP contribution in [-0.2, 0) is 16.6 Å². The molecule has 2 N–H and O–H groups in total. The van der Waals surface area contributed by atoms with Gasteiger partial charge in [-0.3, -0.25) is 10.00 Å². The van der Waals surface area contributed by atoms with Gasteiger partial charge in [0.05, 0.1) is 24.6 Å². The number of aryl methyl sites for hydroxylation is 1. The predicted octanol–water partition coefficient (Wildman–Crippen LogP) is 3.12. The first-order chi connectivity index (χ1) is 17.9. The molecule has 13 heteroatoms. The van der Waals surface area contributed by atoms with Crippen molar-refractivity contribution in [3.63, 3.8) is 0 Å². The minimum atomic E-state index is -0.448. The Labute approximate surface area is 215 Å². The molecule has 0 unspecified atom stereocenters. The van der Waals surface area contributed by atoms with Crippen LogP contribution >= 0.6 is 11.3 Å². The Bertz CT molecular complexity index is 1530. The maximum atomic E-state index is 12.1. The second-order valence-electron chi connectivity index (χ2n) is 7.92. The van der Waals surface area contributed by atoms with Gasteiger partial charge in [0.15, 0.2) is 0 Å². The molecule has 5 heterocycles. The Balaban J connectivity index is 1.60. The molecule has 0 aromatic carbocycles. The Morgan fingerprint density at radius 3 is 2.73 bits per heavy atom. The molecule has 0 radical (unpaired) electrons. The third-order valence-electron chi connectivity index (χ3n) is 5.37. The van der Waals surface area contributed by atoms with Gasteiger partial charge in [-0.2, -0.15) is 5.10 Å². The summed E-state index contributed by atoms with van der Waals surface area (Å²) in [7, 11) is 3.32. The van der Waals surface area contributed by atoms with Gasteiger partial charge in [0.1, 0.15) is 17.4 Å². The number of ether oxygens (including phenoxy) is 2. The summed E-state index contributed by atoms with van der Waals surface area (Å²) in [4.78, 5) is 41.6. The average molecular weight is 519 g/mol. The molecule has 188 valence electrons. The highest BCUT2D eigenvalue weighted by molar-refractivity contribution is 7.13. The summed E-state index contributed by atoms with van der Waals surface area (Å²) in [6, 6.07) is 3.17. The van der Waals surface area contributed by atoms with Gasteiger partial charge in [-0.05, 0) is 19.1 Å². The number of esters is 1. The molecule has 5 rings (SSSR count). The summed E-state index contributed by atoms with van der Waals surface area (Å²) in [5, 5.41) is 12.3. The van der Waals surface area contributed by atoms with Crippen molar-refractivity contribution in [1.82, 2.24) is 30.0 Å². The van der Waals surface area contributed by atoms with Crippen LogP contribution in [0.3, 0.4) is 0 Å². The lowest BCUT2D eigenvalue weighted by atomic mass is 10.0. The molecule has 4 aromatic rings. The van der Waals surface area contributed by atoms with Gasteiger partial charge < -0.3 is 14.8 Å². The van der Waals surface area contributed by atoms with Crippen molar-refractivity contribution in [1.29, 1.82) is 0 Å². The highest BCUT2D eigenvalue weighted by Crippen LogP contribution is 2.37. The van der Waals surface area contributed by atoms with E-state index in [0.717, 1.165) is 16.8 Å². The molecule has 0 bridgehead atoms. The topological polar surface area (TPSA) is 146 Å². The van der Waals surface area contributed by atoms with E-state index in [1.165, 1.54) is 18.4 Å². The summed E-state index contributed by atoms with van der Waals surface area (Å²) in [5.74, 6) is 0.331. The molecule has 0 fully saturated rings. The highest BCUT2D eigenvalue weighted by atomic mass is 32.1. The molecule has 0 saturated heterocycles. The molecule has 0 saturated carbocycles. The molecular formula is C24H22N8O4S. The zero-order valence-electron chi connectivity index (χ0n) is 20.2. The lowest BCUT2D eigenvalue weighted by Crippen LogP contribution is -2.28. The summed E-state index contributed by atoms with van der Waals surface area (Å²) in [6.07, 6.45) is 6.90. The monoisotopic (exact) mass is 518 g/mol. The van der Waals surface area contributed by atoms with Crippen LogP contribution in [0.2, 0.25) is 0 Å². The van der Waals surface area contributed by atoms with Crippen LogP contribution in [0.4, 0.5) is 10.6 Å². The minimum Gasteiger partial charge on any atom is -0.480 e. The fourth-order valence-corrected chi connectivity index (χ4v) is 4.56. The molecule has 0 atom stereocenters. The first kappa shape index (κ1) is 24.1. The quantitative estimate of drug-likeness (QED) is 0.355. The Morgan fingerprint density at radius 2 is 2.03 bits per heavy atom. The van der Waals surface area contributed by atoms with Gasteiger partial charge in [0, 0.05) is 59.8 Å². The van der Waals surface area contributed by atoms with E-state index in [4.69, 9.17) is 14.5 Å². The van der Waals surface area contributed by atoms with Crippen molar-refractivity contribution in [2.75, 3.05) is 25.5 Å². The van der Waals surface area contributed by atoms with Crippen LogP contribution in [0.5, 0.6) is 5.88 Å². The Hall–Kier alpha value is -4.65. The van der Waals surface area contributed by atoms with E-state index >= 15 is 0 Å². The zero-order valence-corrected chi connectivity index (χ0v) is 21.0. The number of anilines is 1. The maximum Gasteiger partial charge on any atom is 0.334 e. The number of rotatable bonds is 7. The van der Waals surface area contributed by atoms with Crippen LogP contribution in [0.1, 0.15) is 12.5 Å². The zero-order chi connectivity index (χ0) is 25.9. The number of amides is 2. The third-order valence-corrected chi connectivity index (χ3v) is 6.24. The smallest absolute Gasteiger partial charge is 0.334 e. The van der Waals surface area contributed by atoms with Crippen molar-refractivity contribution in [3.8, 4) is 38.8 Å². The summed E-state index contributed by atoms with van der Waals surface area (Å²) in [6.45, 7) is 2.25. The van der Waals surface area contributed by atoms with Crippen molar-refractivity contribution in [2.45, 2.75) is 6.92 Å².